The van der Waals surface area contributed by atoms with Gasteiger partial charge in [0.25, 0.3) is 0 Å². The zero-order valence-corrected chi connectivity index (χ0v) is 14.3. The average Bonchev–Trinajstić information content (AvgIpc) is 2.44. The fourth-order valence-electron chi connectivity index (χ4n) is 2.98. The monoisotopic (exact) mass is 309 g/mol. The zero-order valence-electron chi connectivity index (χ0n) is 13.5. The van der Waals surface area contributed by atoms with Gasteiger partial charge in [0.15, 0.2) is 0 Å². The summed E-state index contributed by atoms with van der Waals surface area (Å²) in [6.45, 7) is 12.0. The molecule has 1 fully saturated rings. The Balaban J connectivity index is 2.38. The van der Waals surface area contributed by atoms with E-state index < -0.39 is 5.97 Å². The number of nitrogens with zero attached hydrogens (tertiary/aromatic N) is 1. The number of thioether (sulfide) groups is 1. The van der Waals surface area contributed by atoms with Crippen molar-refractivity contribution in [3.05, 3.63) is 22.9 Å². The van der Waals surface area contributed by atoms with E-state index in [4.69, 9.17) is 4.74 Å². The molecule has 0 amide bonds. The second-order valence-electron chi connectivity index (χ2n) is 6.84. The molecule has 2 rings (SSSR count). The third-order valence-electron chi connectivity index (χ3n) is 3.77. The molecule has 0 radical (unpaired) electrons. The Morgan fingerprint density at radius 2 is 2.00 bits per heavy atom. The number of carboxylic acids is 1. The Morgan fingerprint density at radius 3 is 2.48 bits per heavy atom. The van der Waals surface area contributed by atoms with Gasteiger partial charge in [-0.15, -0.1) is 0 Å². The van der Waals surface area contributed by atoms with Crippen LogP contribution >= 0.6 is 11.8 Å². The van der Waals surface area contributed by atoms with E-state index >= 15 is 0 Å². The van der Waals surface area contributed by atoms with Crippen molar-refractivity contribution in [1.82, 2.24) is 4.98 Å². The standard InChI is InChI=1S/C16H23NO3S/c1-9-7-10(2)17-13(12(9)14(18)19)21-11-8-15(3,4)20-16(11,5)6/h7,11H,8H2,1-6H3,(H,18,19). The van der Waals surface area contributed by atoms with Crippen LogP contribution in [0.25, 0.3) is 0 Å². The molecule has 0 bridgehead atoms. The predicted octanol–water partition coefficient (Wildman–Crippen LogP) is 3.83. The lowest BCUT2D eigenvalue weighted by Crippen LogP contribution is -2.31. The van der Waals surface area contributed by atoms with E-state index in [1.165, 1.54) is 11.8 Å². The maximum atomic E-state index is 11.5. The molecule has 1 N–H and O–H groups in total. The minimum Gasteiger partial charge on any atom is -0.478 e. The number of hydrogen-bond donors (Lipinski definition) is 1. The Morgan fingerprint density at radius 1 is 1.38 bits per heavy atom. The first-order valence-corrected chi connectivity index (χ1v) is 7.98. The molecule has 1 saturated heterocycles. The van der Waals surface area contributed by atoms with Gasteiger partial charge < -0.3 is 9.84 Å². The first-order chi connectivity index (χ1) is 9.52. The van der Waals surface area contributed by atoms with E-state index in [1.54, 1.807) is 0 Å². The van der Waals surface area contributed by atoms with Crippen LogP contribution in [0.1, 0.15) is 55.7 Å². The van der Waals surface area contributed by atoms with Crippen molar-refractivity contribution in [2.75, 3.05) is 0 Å². The van der Waals surface area contributed by atoms with E-state index in [9.17, 15) is 9.90 Å². The van der Waals surface area contributed by atoms with E-state index in [0.717, 1.165) is 17.7 Å². The maximum absolute atomic E-state index is 11.5. The summed E-state index contributed by atoms with van der Waals surface area (Å²) >= 11 is 1.53. The van der Waals surface area contributed by atoms with Crippen LogP contribution in [0.15, 0.2) is 11.1 Å². The van der Waals surface area contributed by atoms with Crippen LogP contribution in [0, 0.1) is 13.8 Å². The van der Waals surface area contributed by atoms with Crippen LogP contribution in [0.3, 0.4) is 0 Å². The smallest absolute Gasteiger partial charge is 0.338 e. The van der Waals surface area contributed by atoms with Crippen molar-refractivity contribution < 1.29 is 14.6 Å². The number of hydrogen-bond acceptors (Lipinski definition) is 4. The van der Waals surface area contributed by atoms with Crippen LogP contribution in [-0.4, -0.2) is 32.5 Å². The molecule has 0 spiro atoms. The molecule has 5 heteroatoms. The molecule has 1 aromatic heterocycles. The molecule has 0 saturated carbocycles. The predicted molar refractivity (Wildman–Crippen MR) is 84.2 cm³/mol. The summed E-state index contributed by atoms with van der Waals surface area (Å²) in [5.74, 6) is -0.918. The third-order valence-corrected chi connectivity index (χ3v) is 5.31. The fourth-order valence-corrected chi connectivity index (χ4v) is 4.63. The molecular formula is C16H23NO3S. The second kappa shape index (κ2) is 5.29. The summed E-state index contributed by atoms with van der Waals surface area (Å²) in [4.78, 5) is 16.0. The van der Waals surface area contributed by atoms with E-state index in [-0.39, 0.29) is 16.5 Å². The second-order valence-corrected chi connectivity index (χ2v) is 8.03. The molecule has 1 aliphatic rings. The van der Waals surface area contributed by atoms with Crippen molar-refractivity contribution in [2.24, 2.45) is 0 Å². The van der Waals surface area contributed by atoms with Gasteiger partial charge in [0.2, 0.25) is 0 Å². The minimum absolute atomic E-state index is 0.180. The van der Waals surface area contributed by atoms with E-state index in [2.05, 4.69) is 32.7 Å². The molecule has 2 heterocycles. The van der Waals surface area contributed by atoms with Gasteiger partial charge in [-0.25, -0.2) is 9.78 Å². The number of aromatic carboxylic acids is 1. The number of ether oxygens (including phenoxy) is 1. The Labute approximate surface area is 130 Å². The van der Waals surface area contributed by atoms with Gasteiger partial charge in [0.1, 0.15) is 5.03 Å². The van der Waals surface area contributed by atoms with Crippen LogP contribution in [0.5, 0.6) is 0 Å². The Kier molecular flexibility index (Phi) is 4.10. The van der Waals surface area contributed by atoms with E-state index in [0.29, 0.717) is 10.6 Å². The molecule has 1 aliphatic heterocycles. The summed E-state index contributed by atoms with van der Waals surface area (Å²) in [6.07, 6.45) is 0.873. The van der Waals surface area contributed by atoms with Crippen molar-refractivity contribution in [3.8, 4) is 0 Å². The molecule has 21 heavy (non-hydrogen) atoms. The summed E-state index contributed by atoms with van der Waals surface area (Å²) in [7, 11) is 0. The largest absolute Gasteiger partial charge is 0.478 e. The number of rotatable bonds is 3. The average molecular weight is 309 g/mol. The lowest BCUT2D eigenvalue weighted by Gasteiger charge is -2.27. The highest BCUT2D eigenvalue weighted by Gasteiger charge is 2.46. The molecule has 116 valence electrons. The number of carbonyl (C=O) groups is 1. The summed E-state index contributed by atoms with van der Waals surface area (Å²) in [6, 6.07) is 1.81. The van der Waals surface area contributed by atoms with Gasteiger partial charge in [-0.1, -0.05) is 11.8 Å². The lowest BCUT2D eigenvalue weighted by atomic mass is 10.0. The Hall–Kier alpha value is -1.07. The van der Waals surface area contributed by atoms with Crippen molar-refractivity contribution in [3.63, 3.8) is 0 Å². The SMILES string of the molecule is Cc1cc(C)c(C(=O)O)c(SC2CC(C)(C)OC2(C)C)n1. The molecule has 0 aliphatic carbocycles. The van der Waals surface area contributed by atoms with Gasteiger partial charge in [-0.05, 0) is 59.6 Å². The summed E-state index contributed by atoms with van der Waals surface area (Å²) in [5, 5.41) is 10.2. The van der Waals surface area contributed by atoms with Gasteiger partial charge in [-0.3, -0.25) is 0 Å². The van der Waals surface area contributed by atoms with Crippen molar-refractivity contribution >= 4 is 17.7 Å². The normalized spacial score (nSPS) is 23.2. The van der Waals surface area contributed by atoms with Crippen LogP contribution in [0.4, 0.5) is 0 Å². The summed E-state index contributed by atoms with van der Waals surface area (Å²) in [5.41, 5.74) is 1.42. The molecule has 4 nitrogen and oxygen atoms in total. The molecular weight excluding hydrogens is 286 g/mol. The van der Waals surface area contributed by atoms with Crippen LogP contribution in [0.2, 0.25) is 0 Å². The van der Waals surface area contributed by atoms with Gasteiger partial charge >= 0.3 is 5.97 Å². The number of carboxylic acid groups (broad SMARTS) is 1. The molecule has 1 aromatic rings. The van der Waals surface area contributed by atoms with Gasteiger partial charge in [0.05, 0.1) is 16.8 Å². The maximum Gasteiger partial charge on any atom is 0.338 e. The topological polar surface area (TPSA) is 59.4 Å². The highest BCUT2D eigenvalue weighted by molar-refractivity contribution is 8.00. The van der Waals surface area contributed by atoms with Crippen LogP contribution in [-0.2, 0) is 4.74 Å². The van der Waals surface area contributed by atoms with Crippen molar-refractivity contribution in [1.29, 1.82) is 0 Å². The highest BCUT2D eigenvalue weighted by atomic mass is 32.2. The number of aryl methyl sites for hydroxylation is 2. The first kappa shape index (κ1) is 16.3. The molecule has 1 atom stereocenters. The van der Waals surface area contributed by atoms with Gasteiger partial charge in [-0.2, -0.15) is 0 Å². The number of aromatic nitrogens is 1. The quantitative estimate of drug-likeness (QED) is 0.919. The zero-order chi connectivity index (χ0) is 16.0. The lowest BCUT2D eigenvalue weighted by molar-refractivity contribution is -0.0631. The minimum atomic E-state index is -0.918. The highest BCUT2D eigenvalue weighted by Crippen LogP contribution is 2.46. The molecule has 0 aromatic carbocycles. The van der Waals surface area contributed by atoms with Crippen molar-refractivity contribution in [2.45, 2.75) is 69.4 Å². The van der Waals surface area contributed by atoms with Crippen LogP contribution < -0.4 is 0 Å². The van der Waals surface area contributed by atoms with E-state index in [1.807, 2.05) is 19.9 Å². The summed E-state index contributed by atoms with van der Waals surface area (Å²) < 4.78 is 6.09. The molecule has 1 unspecified atom stereocenters. The first-order valence-electron chi connectivity index (χ1n) is 7.10. The Bertz CT molecular complexity index is 581. The van der Waals surface area contributed by atoms with Gasteiger partial charge in [0, 0.05) is 10.9 Å². The fraction of sp³-hybridized carbons (Fsp3) is 0.625. The third kappa shape index (κ3) is 3.40. The number of pyridine rings is 1.